The van der Waals surface area contributed by atoms with Gasteiger partial charge in [-0.2, -0.15) is 0 Å². The van der Waals surface area contributed by atoms with Crippen LogP contribution in [0.2, 0.25) is 0 Å². The molecule has 1 aliphatic rings. The first-order chi connectivity index (χ1) is 29.2. The van der Waals surface area contributed by atoms with E-state index in [-0.39, 0.29) is 37.9 Å². The average molecular weight is 867 g/mol. The zero-order chi connectivity index (χ0) is 46.3. The second-order valence-electron chi connectivity index (χ2n) is 16.0. The number of aliphatic carboxylic acids is 1. The minimum Gasteiger partial charge on any atom is -0.508 e. The molecule has 1 saturated carbocycles. The smallest absolute Gasteiger partial charge is 0.414 e. The van der Waals surface area contributed by atoms with E-state index in [1.165, 1.54) is 12.1 Å². The molecule has 0 unspecified atom stereocenters. The molecule has 20 nitrogen and oxygen atoms in total. The second kappa shape index (κ2) is 23.4. The van der Waals surface area contributed by atoms with Gasteiger partial charge in [0.05, 0.1) is 19.0 Å². The lowest BCUT2D eigenvalue weighted by molar-refractivity contribution is -0.142. The number of primary amides is 1. The van der Waals surface area contributed by atoms with Gasteiger partial charge < -0.3 is 53.4 Å². The topological polar surface area (TPSA) is 330 Å². The van der Waals surface area contributed by atoms with Crippen molar-refractivity contribution in [3.63, 3.8) is 0 Å². The number of hydrogen-bond acceptors (Lipinski definition) is 11. The number of phenols is 1. The van der Waals surface area contributed by atoms with Crippen molar-refractivity contribution in [2.24, 2.45) is 29.2 Å². The summed E-state index contributed by atoms with van der Waals surface area (Å²) in [7, 11) is 0. The molecule has 0 saturated heterocycles. The number of nitrogens with one attached hydrogen (secondary N) is 5. The van der Waals surface area contributed by atoms with Crippen molar-refractivity contribution in [1.82, 2.24) is 31.5 Å². The van der Waals surface area contributed by atoms with E-state index in [9.17, 15) is 58.5 Å². The fourth-order valence-corrected chi connectivity index (χ4v) is 7.07. The molecule has 0 heterocycles. The molecule has 1 aliphatic carbocycles. The number of aromatic hydroxyl groups is 1. The Labute approximate surface area is 358 Å². The van der Waals surface area contributed by atoms with E-state index in [1.54, 1.807) is 70.2 Å². The highest BCUT2D eigenvalue weighted by Crippen LogP contribution is 2.29. The maximum absolute atomic E-state index is 14.0. The number of benzene rings is 2. The normalized spacial score (nSPS) is 17.3. The van der Waals surface area contributed by atoms with Gasteiger partial charge in [0, 0.05) is 18.4 Å². The summed E-state index contributed by atoms with van der Waals surface area (Å²) >= 11 is 0. The van der Waals surface area contributed by atoms with Crippen LogP contribution in [0.1, 0.15) is 70.9 Å². The number of phenolic OH excluding ortho intramolecular Hbond substituents is 1. The van der Waals surface area contributed by atoms with Crippen molar-refractivity contribution in [3.8, 4) is 5.75 Å². The highest BCUT2D eigenvalue weighted by Gasteiger charge is 2.40. The van der Waals surface area contributed by atoms with Gasteiger partial charge in [0.15, 0.2) is 0 Å². The Kier molecular flexibility index (Phi) is 18.8. The SMILES string of the molecule is CC(C)[C@H](NC(=O)[C@H](CC(=O)O)NC(=O)[C@H](Cc1ccccc1)NC(=O)[C@@H]1CCC[C@H](N(C(=O)O)C(=O)[C@@H](N)Cc2ccc(O)cc2)C1)C(=O)N[C@H](C(=O)NCC(N)=O)C(C)C. The Morgan fingerprint density at radius 1 is 0.710 bits per heavy atom. The van der Waals surface area contributed by atoms with Gasteiger partial charge in [-0.15, -0.1) is 0 Å². The molecule has 3 rings (SSSR count). The first-order valence-corrected chi connectivity index (χ1v) is 20.3. The standard InChI is InChI=1S/C42H58N8O12/c1-22(2)34(39(58)45-21-32(44)52)49-40(59)35(23(3)4)48-38(57)31(20-33(53)54)47-37(56)30(18-24-9-6-5-7-10-24)46-36(55)26-11-8-12-27(19-26)50(42(61)62)41(60)29(43)17-25-13-15-28(51)16-14-25/h5-7,9-10,13-16,22-23,26-27,29-31,34-35,51H,8,11-12,17-21,43H2,1-4H3,(H2,44,52)(H,45,58)(H,46,55)(H,47,56)(H,48,57)(H,49,59)(H,53,54)(H,61,62)/t26-,27+,29+,30+,31+,34+,35+/m1/s1. The minimum absolute atomic E-state index is 0.00364. The maximum atomic E-state index is 14.0. The third-order valence-electron chi connectivity index (χ3n) is 10.4. The minimum atomic E-state index is -1.75. The van der Waals surface area contributed by atoms with Crippen LogP contribution >= 0.6 is 0 Å². The monoisotopic (exact) mass is 866 g/mol. The van der Waals surface area contributed by atoms with Crippen molar-refractivity contribution < 1.29 is 58.5 Å². The Balaban J connectivity index is 1.80. The lowest BCUT2D eigenvalue weighted by Crippen LogP contribution is -2.60. The molecule has 338 valence electrons. The van der Waals surface area contributed by atoms with Crippen molar-refractivity contribution in [1.29, 1.82) is 0 Å². The molecular formula is C42H58N8O12. The summed E-state index contributed by atoms with van der Waals surface area (Å²) in [4.78, 5) is 117. The molecule has 12 N–H and O–H groups in total. The summed E-state index contributed by atoms with van der Waals surface area (Å²) in [6, 6.07) is 6.68. The first kappa shape index (κ1) is 49.8. The first-order valence-electron chi connectivity index (χ1n) is 20.3. The maximum Gasteiger partial charge on any atom is 0.414 e. The predicted octanol–water partition coefficient (Wildman–Crippen LogP) is -0.102. The van der Waals surface area contributed by atoms with Gasteiger partial charge in [0.1, 0.15) is 29.9 Å². The van der Waals surface area contributed by atoms with Crippen LogP contribution in [-0.2, 0) is 51.2 Å². The number of carbonyl (C=O) groups excluding carboxylic acids is 7. The molecule has 0 aliphatic heterocycles. The highest BCUT2D eigenvalue weighted by molar-refractivity contribution is 5.98. The molecule has 7 atom stereocenters. The number of amides is 8. The number of hydrogen-bond donors (Lipinski definition) is 10. The lowest BCUT2D eigenvalue weighted by Gasteiger charge is -2.35. The van der Waals surface area contributed by atoms with Crippen molar-refractivity contribution in [3.05, 3.63) is 65.7 Å². The molecule has 62 heavy (non-hydrogen) atoms. The molecule has 8 amide bonds. The molecule has 20 heteroatoms. The molecule has 0 aromatic heterocycles. The lowest BCUT2D eigenvalue weighted by atomic mass is 9.83. The Hall–Kier alpha value is -6.57. The van der Waals surface area contributed by atoms with Crippen molar-refractivity contribution in [2.75, 3.05) is 6.54 Å². The molecule has 2 aromatic rings. The number of nitrogens with two attached hydrogens (primary N) is 2. The van der Waals surface area contributed by atoms with Crippen LogP contribution in [0.15, 0.2) is 54.6 Å². The zero-order valence-corrected chi connectivity index (χ0v) is 35.2. The van der Waals surface area contributed by atoms with Gasteiger partial charge in [-0.25, -0.2) is 9.69 Å². The van der Waals surface area contributed by atoms with Crippen LogP contribution in [0, 0.1) is 17.8 Å². The van der Waals surface area contributed by atoms with E-state index in [0.717, 1.165) is 0 Å². The number of carboxylic acids is 1. The van der Waals surface area contributed by atoms with Crippen LogP contribution in [0.25, 0.3) is 0 Å². The Bertz CT molecular complexity index is 1930. The summed E-state index contributed by atoms with van der Waals surface area (Å²) in [6.07, 6.45) is -1.77. The number of carboxylic acid groups (broad SMARTS) is 2. The van der Waals surface area contributed by atoms with E-state index in [0.29, 0.717) is 22.4 Å². The Morgan fingerprint density at radius 2 is 1.27 bits per heavy atom. The predicted molar refractivity (Wildman–Crippen MR) is 222 cm³/mol. The Morgan fingerprint density at radius 3 is 1.84 bits per heavy atom. The molecule has 0 spiro atoms. The number of rotatable bonds is 21. The van der Waals surface area contributed by atoms with Gasteiger partial charge >= 0.3 is 12.1 Å². The largest absolute Gasteiger partial charge is 0.508 e. The number of imide groups is 1. The summed E-state index contributed by atoms with van der Waals surface area (Å²) in [5.74, 6) is -9.21. The third kappa shape index (κ3) is 15.2. The van der Waals surface area contributed by atoms with E-state index >= 15 is 0 Å². The van der Waals surface area contributed by atoms with Gasteiger partial charge in [-0.1, -0.05) is 76.6 Å². The van der Waals surface area contributed by atoms with Crippen molar-refractivity contribution in [2.45, 2.75) is 109 Å². The molecule has 0 bridgehead atoms. The molecular weight excluding hydrogens is 809 g/mol. The number of nitrogens with zero attached hydrogens (tertiary/aromatic N) is 1. The molecule has 2 aromatic carbocycles. The quantitative estimate of drug-likeness (QED) is 0.0785. The van der Waals surface area contributed by atoms with Crippen LogP contribution in [0.3, 0.4) is 0 Å². The fraction of sp³-hybridized carbons (Fsp3) is 0.500. The zero-order valence-electron chi connectivity index (χ0n) is 35.2. The van der Waals surface area contributed by atoms with Gasteiger partial charge in [-0.05, 0) is 60.8 Å². The van der Waals surface area contributed by atoms with E-state index in [4.69, 9.17) is 11.5 Å². The van der Waals surface area contributed by atoms with Crippen LogP contribution < -0.4 is 38.1 Å². The third-order valence-corrected chi connectivity index (χ3v) is 10.4. The van der Waals surface area contributed by atoms with E-state index in [1.807, 2.05) is 0 Å². The van der Waals surface area contributed by atoms with E-state index < -0.39 is 120 Å². The fourth-order valence-electron chi connectivity index (χ4n) is 7.07. The van der Waals surface area contributed by atoms with Crippen LogP contribution in [0.5, 0.6) is 5.75 Å². The highest BCUT2D eigenvalue weighted by atomic mass is 16.4. The molecule has 0 radical (unpaired) electrons. The summed E-state index contributed by atoms with van der Waals surface area (Å²) in [5.41, 5.74) is 12.5. The summed E-state index contributed by atoms with van der Waals surface area (Å²) in [5, 5.41) is 41.9. The molecule has 1 fully saturated rings. The summed E-state index contributed by atoms with van der Waals surface area (Å²) < 4.78 is 0. The summed E-state index contributed by atoms with van der Waals surface area (Å²) in [6.45, 7) is 5.97. The van der Waals surface area contributed by atoms with Crippen LogP contribution in [-0.4, -0.2) is 116 Å². The average Bonchev–Trinajstić information content (AvgIpc) is 3.21. The van der Waals surface area contributed by atoms with Gasteiger partial charge in [0.25, 0.3) is 0 Å². The van der Waals surface area contributed by atoms with Crippen molar-refractivity contribution >= 4 is 53.4 Å². The second-order valence-corrected chi connectivity index (χ2v) is 16.0. The van der Waals surface area contributed by atoms with Gasteiger partial charge in [-0.3, -0.25) is 38.4 Å². The van der Waals surface area contributed by atoms with Crippen LogP contribution in [0.4, 0.5) is 4.79 Å². The van der Waals surface area contributed by atoms with E-state index in [2.05, 4.69) is 26.6 Å². The number of carbonyl (C=O) groups is 9. The van der Waals surface area contributed by atoms with Gasteiger partial charge in [0.2, 0.25) is 41.4 Å².